The largest absolute Gasteiger partial charge is 0.496 e. The van der Waals surface area contributed by atoms with Crippen LogP contribution in [0.4, 0.5) is 13.2 Å². The lowest BCUT2D eigenvalue weighted by molar-refractivity contribution is -0.137. The molecule has 0 aliphatic rings. The molecule has 2 rings (SSSR count). The number of carboxylic acids is 1. The first-order valence-electron chi connectivity index (χ1n) is 6.96. The van der Waals surface area contributed by atoms with Crippen molar-refractivity contribution in [2.24, 2.45) is 0 Å². The summed E-state index contributed by atoms with van der Waals surface area (Å²) in [6, 6.07) is 7.84. The highest BCUT2D eigenvalue weighted by Gasteiger charge is 2.32. The van der Waals surface area contributed by atoms with Gasteiger partial charge >= 0.3 is 11.5 Å². The topological polar surface area (TPSA) is 49.8 Å². The maximum atomic E-state index is 12.9. The Morgan fingerprint density at radius 2 is 1.96 bits per heavy atom. The molecule has 2 aromatic carbocycles. The van der Waals surface area contributed by atoms with Crippen LogP contribution < -0.4 is 4.74 Å². The molecule has 0 radical (unpaired) electrons. The van der Waals surface area contributed by atoms with Crippen molar-refractivity contribution in [1.82, 2.24) is 4.90 Å². The number of likely N-dealkylation sites (N-methyl/N-ethyl adjacent to an activating group) is 1. The van der Waals surface area contributed by atoms with Crippen LogP contribution in [-0.2, 0) is 4.79 Å². The van der Waals surface area contributed by atoms with Gasteiger partial charge in [0, 0.05) is 18.0 Å². The molecule has 0 saturated carbocycles. The van der Waals surface area contributed by atoms with E-state index in [0.29, 0.717) is 16.3 Å². The normalized spacial score (nSPS) is 11.4. The van der Waals surface area contributed by atoms with Crippen molar-refractivity contribution in [2.45, 2.75) is 10.4 Å². The predicted molar refractivity (Wildman–Crippen MR) is 94.4 cm³/mol. The minimum Gasteiger partial charge on any atom is -0.496 e. The number of hydrogen-bond donors (Lipinski definition) is 1. The van der Waals surface area contributed by atoms with E-state index < -0.39 is 11.5 Å². The summed E-state index contributed by atoms with van der Waals surface area (Å²) < 4.78 is 43.8. The minimum absolute atomic E-state index is 0.0574. The van der Waals surface area contributed by atoms with E-state index in [2.05, 4.69) is 0 Å². The number of hydrogen-bond acceptors (Lipinski definition) is 4. The lowest BCUT2D eigenvalue weighted by Crippen LogP contribution is -2.31. The number of thiocarbonyl (C=S) groups is 1. The number of alkyl halides is 3. The molecular formula is C16H14F3NO3S2. The molecular weight excluding hydrogens is 375 g/mol. The summed E-state index contributed by atoms with van der Waals surface area (Å²) in [6.07, 6.45) is 0. The quantitative estimate of drug-likeness (QED) is 0.612. The first kappa shape index (κ1) is 19.3. The third-order valence-electron chi connectivity index (χ3n) is 3.36. The van der Waals surface area contributed by atoms with Gasteiger partial charge in [0.25, 0.3) is 0 Å². The van der Waals surface area contributed by atoms with Crippen molar-refractivity contribution >= 4 is 45.7 Å². The van der Waals surface area contributed by atoms with Crippen LogP contribution in [0, 0.1) is 0 Å². The van der Waals surface area contributed by atoms with Crippen LogP contribution in [0.3, 0.4) is 0 Å². The number of fused-ring (bicyclic) bond motifs is 1. The van der Waals surface area contributed by atoms with Gasteiger partial charge in [-0.25, -0.2) is 0 Å². The molecule has 0 aliphatic carbocycles. The average Bonchev–Trinajstić information content (AvgIpc) is 2.52. The fourth-order valence-corrected chi connectivity index (χ4v) is 3.37. The number of halogens is 3. The maximum absolute atomic E-state index is 12.9. The summed E-state index contributed by atoms with van der Waals surface area (Å²) in [4.78, 5) is 12.4. The Labute approximate surface area is 151 Å². The van der Waals surface area contributed by atoms with Crippen LogP contribution in [0.1, 0.15) is 5.56 Å². The Morgan fingerprint density at radius 1 is 1.28 bits per heavy atom. The zero-order chi connectivity index (χ0) is 18.8. The van der Waals surface area contributed by atoms with Crippen molar-refractivity contribution in [3.8, 4) is 5.75 Å². The van der Waals surface area contributed by atoms with E-state index in [0.717, 1.165) is 0 Å². The van der Waals surface area contributed by atoms with E-state index in [1.807, 2.05) is 0 Å². The Hall–Kier alpha value is -2.00. The van der Waals surface area contributed by atoms with Crippen LogP contribution in [0.25, 0.3) is 10.8 Å². The molecule has 2 aromatic rings. The molecule has 0 fully saturated rings. The molecule has 0 atom stereocenters. The van der Waals surface area contributed by atoms with Crippen LogP contribution in [0.2, 0.25) is 0 Å². The van der Waals surface area contributed by atoms with E-state index in [4.69, 9.17) is 22.1 Å². The second kappa shape index (κ2) is 7.49. The number of methoxy groups -OCH3 is 1. The molecule has 134 valence electrons. The Morgan fingerprint density at radius 3 is 2.52 bits per heavy atom. The zero-order valence-electron chi connectivity index (χ0n) is 13.3. The molecule has 0 spiro atoms. The number of carboxylic acid groups (broad SMARTS) is 1. The highest BCUT2D eigenvalue weighted by atomic mass is 32.2. The SMILES string of the molecule is COc1ccc2c(C(=S)N(C)CC(=O)O)cccc2c1SC(F)(F)F. The van der Waals surface area contributed by atoms with Gasteiger partial charge < -0.3 is 14.7 Å². The van der Waals surface area contributed by atoms with Crippen LogP contribution in [0.5, 0.6) is 5.75 Å². The van der Waals surface area contributed by atoms with Gasteiger partial charge in [0.2, 0.25) is 0 Å². The lowest BCUT2D eigenvalue weighted by atomic mass is 10.0. The van der Waals surface area contributed by atoms with E-state index >= 15 is 0 Å². The smallest absolute Gasteiger partial charge is 0.446 e. The highest BCUT2D eigenvalue weighted by molar-refractivity contribution is 8.00. The molecule has 0 bridgehead atoms. The van der Waals surface area contributed by atoms with Gasteiger partial charge in [-0.05, 0) is 29.3 Å². The summed E-state index contributed by atoms with van der Waals surface area (Å²) in [5.41, 5.74) is -3.99. The molecule has 0 aromatic heterocycles. The summed E-state index contributed by atoms with van der Waals surface area (Å²) in [6.45, 7) is -0.310. The molecule has 0 saturated heterocycles. The van der Waals surface area contributed by atoms with E-state index in [-0.39, 0.29) is 33.9 Å². The highest BCUT2D eigenvalue weighted by Crippen LogP contribution is 2.45. The molecule has 1 N–H and O–H groups in total. The molecule has 4 nitrogen and oxygen atoms in total. The second-order valence-electron chi connectivity index (χ2n) is 5.10. The number of nitrogens with zero attached hydrogens (tertiary/aromatic N) is 1. The van der Waals surface area contributed by atoms with Gasteiger partial charge in [-0.15, -0.1) is 0 Å². The Bertz CT molecular complexity index is 824. The number of carbonyl (C=O) groups is 1. The van der Waals surface area contributed by atoms with Crippen molar-refractivity contribution < 1.29 is 27.8 Å². The molecule has 0 amide bonds. The summed E-state index contributed by atoms with van der Waals surface area (Å²) in [5.74, 6) is -0.947. The lowest BCUT2D eigenvalue weighted by Gasteiger charge is -2.20. The minimum atomic E-state index is -4.47. The van der Waals surface area contributed by atoms with Gasteiger partial charge in [-0.2, -0.15) is 13.2 Å². The number of thioether (sulfide) groups is 1. The van der Waals surface area contributed by atoms with Crippen molar-refractivity contribution in [2.75, 3.05) is 20.7 Å². The average molecular weight is 389 g/mol. The van der Waals surface area contributed by atoms with Crippen LogP contribution in [0.15, 0.2) is 35.2 Å². The summed E-state index contributed by atoms with van der Waals surface area (Å²) >= 11 is 5.05. The van der Waals surface area contributed by atoms with E-state index in [1.165, 1.54) is 25.1 Å². The monoisotopic (exact) mass is 389 g/mol. The first-order chi connectivity index (χ1) is 11.6. The van der Waals surface area contributed by atoms with Crippen molar-refractivity contribution in [3.05, 3.63) is 35.9 Å². The van der Waals surface area contributed by atoms with Gasteiger partial charge in [-0.1, -0.05) is 30.4 Å². The number of aliphatic carboxylic acids is 1. The first-order valence-corrected chi connectivity index (χ1v) is 8.19. The fraction of sp³-hybridized carbons (Fsp3) is 0.250. The Kier molecular flexibility index (Phi) is 5.79. The maximum Gasteiger partial charge on any atom is 0.446 e. The number of ether oxygens (including phenoxy) is 1. The third-order valence-corrected chi connectivity index (χ3v) is 4.75. The molecule has 9 heteroatoms. The van der Waals surface area contributed by atoms with Crippen molar-refractivity contribution in [1.29, 1.82) is 0 Å². The third kappa shape index (κ3) is 4.55. The molecule has 0 aliphatic heterocycles. The van der Waals surface area contributed by atoms with Crippen molar-refractivity contribution in [3.63, 3.8) is 0 Å². The second-order valence-corrected chi connectivity index (χ2v) is 6.56. The Balaban J connectivity index is 2.60. The van der Waals surface area contributed by atoms with Gasteiger partial charge in [-0.3, -0.25) is 4.79 Å². The van der Waals surface area contributed by atoms with E-state index in [1.54, 1.807) is 24.3 Å². The van der Waals surface area contributed by atoms with Crippen LogP contribution in [-0.4, -0.2) is 47.2 Å². The van der Waals surface area contributed by atoms with Gasteiger partial charge in [0.15, 0.2) is 0 Å². The zero-order valence-corrected chi connectivity index (χ0v) is 14.9. The fourth-order valence-electron chi connectivity index (χ4n) is 2.36. The standard InChI is InChI=1S/C16H14F3NO3S2/c1-20(8-13(21)22)15(24)11-5-3-4-10-9(11)6-7-12(23-2)14(10)25-16(17,18)19/h3-7H,8H2,1-2H3,(H,21,22). The summed E-state index contributed by atoms with van der Waals surface area (Å²) in [5, 5.41) is 9.72. The molecule has 0 heterocycles. The van der Waals surface area contributed by atoms with Gasteiger partial charge in [0.1, 0.15) is 17.3 Å². The van der Waals surface area contributed by atoms with Crippen LogP contribution >= 0.6 is 24.0 Å². The number of benzene rings is 2. The predicted octanol–water partition coefficient (Wildman–Crippen LogP) is 4.15. The molecule has 25 heavy (non-hydrogen) atoms. The van der Waals surface area contributed by atoms with Gasteiger partial charge in [0.05, 0.1) is 12.0 Å². The molecule has 0 unspecified atom stereocenters. The number of rotatable bonds is 5. The van der Waals surface area contributed by atoms with E-state index in [9.17, 15) is 18.0 Å². The summed E-state index contributed by atoms with van der Waals surface area (Å²) in [7, 11) is 2.82.